The lowest BCUT2D eigenvalue weighted by Gasteiger charge is -2.30. The first-order valence-corrected chi connectivity index (χ1v) is 8.75. The number of carbonyl (C=O) groups excluding carboxylic acids is 4. The highest BCUT2D eigenvalue weighted by atomic mass is 16.2. The Morgan fingerprint density at radius 1 is 1.00 bits per heavy atom. The minimum atomic E-state index is -1.23. The summed E-state index contributed by atoms with van der Waals surface area (Å²) in [6.07, 6.45) is 1.50. The molecule has 4 rings (SSSR count). The molecule has 2 heterocycles. The summed E-state index contributed by atoms with van der Waals surface area (Å²) in [5.74, 6) is -2.82. The van der Waals surface area contributed by atoms with Crippen LogP contribution in [-0.2, 0) is 9.59 Å². The number of fused-ring (bicyclic) bond motifs is 1. The number of para-hydroxylation sites is 2. The molecule has 1 aromatic heterocycles. The first kappa shape index (κ1) is 17.7. The van der Waals surface area contributed by atoms with Crippen LogP contribution < -0.4 is 10.2 Å². The van der Waals surface area contributed by atoms with Gasteiger partial charge < -0.3 is 0 Å². The molecule has 7 heteroatoms. The number of imide groups is 2. The van der Waals surface area contributed by atoms with Crippen molar-refractivity contribution in [3.63, 3.8) is 0 Å². The monoisotopic (exact) mass is 375 g/mol. The van der Waals surface area contributed by atoms with E-state index in [0.29, 0.717) is 22.2 Å². The second-order valence-electron chi connectivity index (χ2n) is 6.68. The quantitative estimate of drug-likeness (QED) is 0.698. The lowest BCUT2D eigenvalue weighted by atomic mass is 9.94. The molecule has 1 saturated heterocycles. The number of amides is 4. The Balaban J connectivity index is 1.88. The summed E-state index contributed by atoms with van der Waals surface area (Å²) >= 11 is 0. The van der Waals surface area contributed by atoms with Gasteiger partial charge in [0.2, 0.25) is 11.8 Å². The molecule has 2 aromatic carbocycles. The number of nitrogens with zero attached hydrogens (tertiary/aromatic N) is 2. The number of hydrogen-bond donors (Lipinski definition) is 1. The van der Waals surface area contributed by atoms with Gasteiger partial charge in [-0.15, -0.1) is 0 Å². The Morgan fingerprint density at radius 2 is 1.68 bits per heavy atom. The number of anilines is 1. The summed E-state index contributed by atoms with van der Waals surface area (Å²) in [5.41, 5.74) is 2.13. The summed E-state index contributed by atoms with van der Waals surface area (Å²) in [4.78, 5) is 51.3. The summed E-state index contributed by atoms with van der Waals surface area (Å²) < 4.78 is 1.40. The van der Waals surface area contributed by atoms with Crippen LogP contribution in [0.1, 0.15) is 28.8 Å². The van der Waals surface area contributed by atoms with Gasteiger partial charge in [-0.1, -0.05) is 36.4 Å². The average Bonchev–Trinajstić information content (AvgIpc) is 3.03. The molecule has 0 spiro atoms. The zero-order valence-corrected chi connectivity index (χ0v) is 15.3. The van der Waals surface area contributed by atoms with Crippen LogP contribution in [0, 0.1) is 6.92 Å². The molecule has 140 valence electrons. The van der Waals surface area contributed by atoms with Crippen LogP contribution in [0.25, 0.3) is 10.9 Å². The van der Waals surface area contributed by atoms with Crippen molar-refractivity contribution >= 4 is 40.3 Å². The number of aryl methyl sites for hydroxylation is 1. The molecule has 0 radical (unpaired) electrons. The molecule has 1 atom stereocenters. The zero-order chi connectivity index (χ0) is 20.0. The molecule has 4 amide bonds. The molecule has 28 heavy (non-hydrogen) atoms. The zero-order valence-electron chi connectivity index (χ0n) is 15.3. The van der Waals surface area contributed by atoms with Crippen molar-refractivity contribution in [1.29, 1.82) is 0 Å². The van der Waals surface area contributed by atoms with E-state index in [1.165, 1.54) is 17.7 Å². The van der Waals surface area contributed by atoms with Crippen LogP contribution in [0.3, 0.4) is 0 Å². The van der Waals surface area contributed by atoms with Gasteiger partial charge in [0.25, 0.3) is 5.91 Å². The first-order valence-electron chi connectivity index (χ1n) is 8.75. The van der Waals surface area contributed by atoms with Crippen molar-refractivity contribution in [2.24, 2.45) is 0 Å². The first-order chi connectivity index (χ1) is 13.4. The fraction of sp³-hybridized carbons (Fsp3) is 0.143. The fourth-order valence-corrected chi connectivity index (χ4v) is 3.59. The minimum Gasteiger partial charge on any atom is -0.287 e. The van der Waals surface area contributed by atoms with Crippen LogP contribution in [0.2, 0.25) is 0 Å². The maximum atomic E-state index is 13.3. The predicted molar refractivity (Wildman–Crippen MR) is 103 cm³/mol. The van der Waals surface area contributed by atoms with Crippen LogP contribution in [0.4, 0.5) is 10.5 Å². The van der Waals surface area contributed by atoms with E-state index in [1.54, 1.807) is 55.5 Å². The minimum absolute atomic E-state index is 0.238. The SMILES string of the molecule is CC(=O)n1cc(C2C(=O)NC(=O)N(c3ccccc3C)C2=O)c2ccccc21. The molecule has 7 nitrogen and oxygen atoms in total. The average molecular weight is 375 g/mol. The number of barbiturate groups is 1. The normalized spacial score (nSPS) is 17.1. The smallest absolute Gasteiger partial charge is 0.287 e. The van der Waals surface area contributed by atoms with E-state index in [9.17, 15) is 19.2 Å². The van der Waals surface area contributed by atoms with Gasteiger partial charge in [-0.25, -0.2) is 9.69 Å². The maximum absolute atomic E-state index is 13.3. The summed E-state index contributed by atoms with van der Waals surface area (Å²) in [6, 6.07) is 13.2. The van der Waals surface area contributed by atoms with Gasteiger partial charge >= 0.3 is 6.03 Å². The van der Waals surface area contributed by atoms with Crippen molar-refractivity contribution in [2.75, 3.05) is 4.90 Å². The number of hydrogen-bond acceptors (Lipinski definition) is 4. The molecule has 1 N–H and O–H groups in total. The summed E-state index contributed by atoms with van der Waals surface area (Å²) in [5, 5.41) is 2.89. The molecular formula is C21H17N3O4. The van der Waals surface area contributed by atoms with E-state index in [0.717, 1.165) is 10.5 Å². The summed E-state index contributed by atoms with van der Waals surface area (Å²) in [7, 11) is 0. The third kappa shape index (κ3) is 2.60. The van der Waals surface area contributed by atoms with Gasteiger partial charge in [-0.05, 0) is 30.2 Å². The second kappa shape index (κ2) is 6.45. The molecular weight excluding hydrogens is 358 g/mol. The number of urea groups is 1. The fourth-order valence-electron chi connectivity index (χ4n) is 3.59. The molecule has 0 saturated carbocycles. The number of rotatable bonds is 2. The van der Waals surface area contributed by atoms with E-state index in [2.05, 4.69) is 5.32 Å². The van der Waals surface area contributed by atoms with E-state index < -0.39 is 23.8 Å². The molecule has 1 fully saturated rings. The molecule has 1 aliphatic rings. The van der Waals surface area contributed by atoms with Crippen molar-refractivity contribution < 1.29 is 19.2 Å². The van der Waals surface area contributed by atoms with E-state index >= 15 is 0 Å². The molecule has 3 aromatic rings. The molecule has 1 aliphatic heterocycles. The highest BCUT2D eigenvalue weighted by Crippen LogP contribution is 2.33. The second-order valence-corrected chi connectivity index (χ2v) is 6.68. The van der Waals surface area contributed by atoms with Gasteiger partial charge in [0.1, 0.15) is 5.92 Å². The standard InChI is InChI=1S/C21H17N3O4/c1-12-7-3-5-9-16(12)24-20(27)18(19(26)22-21(24)28)15-11-23(13(2)25)17-10-6-4-8-14(15)17/h3-11,18H,1-2H3,(H,22,26,28). The largest absolute Gasteiger partial charge is 0.335 e. The van der Waals surface area contributed by atoms with E-state index in [1.807, 2.05) is 0 Å². The molecule has 1 unspecified atom stereocenters. The van der Waals surface area contributed by atoms with Crippen LogP contribution >= 0.6 is 0 Å². The van der Waals surface area contributed by atoms with Crippen molar-refractivity contribution in [2.45, 2.75) is 19.8 Å². The van der Waals surface area contributed by atoms with Gasteiger partial charge in [-0.3, -0.25) is 24.3 Å². The Kier molecular flexibility index (Phi) is 4.07. The Labute approximate surface area is 160 Å². The van der Waals surface area contributed by atoms with Gasteiger partial charge in [0, 0.05) is 18.5 Å². The third-order valence-electron chi connectivity index (χ3n) is 4.91. The number of benzene rings is 2. The lowest BCUT2D eigenvalue weighted by molar-refractivity contribution is -0.130. The highest BCUT2D eigenvalue weighted by molar-refractivity contribution is 6.31. The predicted octanol–water partition coefficient (Wildman–Crippen LogP) is 2.98. The molecule has 0 aliphatic carbocycles. The Morgan fingerprint density at radius 3 is 2.39 bits per heavy atom. The van der Waals surface area contributed by atoms with Crippen molar-refractivity contribution in [3.05, 3.63) is 65.9 Å². The van der Waals surface area contributed by atoms with Crippen LogP contribution in [0.5, 0.6) is 0 Å². The Bertz CT molecular complexity index is 1160. The van der Waals surface area contributed by atoms with E-state index in [4.69, 9.17) is 0 Å². The van der Waals surface area contributed by atoms with Crippen LogP contribution in [-0.4, -0.2) is 28.3 Å². The van der Waals surface area contributed by atoms with Gasteiger partial charge in [-0.2, -0.15) is 0 Å². The van der Waals surface area contributed by atoms with Crippen molar-refractivity contribution in [1.82, 2.24) is 9.88 Å². The molecule has 0 bridgehead atoms. The van der Waals surface area contributed by atoms with E-state index in [-0.39, 0.29) is 5.91 Å². The number of nitrogens with one attached hydrogen (secondary N) is 1. The van der Waals surface area contributed by atoms with Gasteiger partial charge in [0.05, 0.1) is 11.2 Å². The third-order valence-corrected chi connectivity index (χ3v) is 4.91. The Hall–Kier alpha value is -3.74. The lowest BCUT2D eigenvalue weighted by Crippen LogP contribution is -2.57. The maximum Gasteiger partial charge on any atom is 0.335 e. The van der Waals surface area contributed by atoms with Crippen molar-refractivity contribution in [3.8, 4) is 0 Å². The highest BCUT2D eigenvalue weighted by Gasteiger charge is 2.43. The number of carbonyl (C=O) groups is 4. The van der Waals surface area contributed by atoms with Gasteiger partial charge in [0.15, 0.2) is 0 Å². The summed E-state index contributed by atoms with van der Waals surface area (Å²) in [6.45, 7) is 3.19. The topological polar surface area (TPSA) is 88.5 Å². The number of aromatic nitrogens is 1. The van der Waals surface area contributed by atoms with Crippen LogP contribution in [0.15, 0.2) is 54.7 Å².